The molecule has 0 bridgehead atoms. The zero-order chi connectivity index (χ0) is 23.2. The number of methoxy groups -OCH3 is 2. The van der Waals surface area contributed by atoms with Crippen molar-refractivity contribution in [3.63, 3.8) is 0 Å². The van der Waals surface area contributed by atoms with Gasteiger partial charge in [0.1, 0.15) is 11.5 Å². The summed E-state index contributed by atoms with van der Waals surface area (Å²) in [5, 5.41) is 0.368. The molecule has 0 spiro atoms. The third kappa shape index (κ3) is 6.22. The van der Waals surface area contributed by atoms with E-state index in [0.29, 0.717) is 5.25 Å². The average molecular weight is 470 g/mol. The smallest absolute Gasteiger partial charge is 0.240 e. The van der Waals surface area contributed by atoms with Gasteiger partial charge < -0.3 is 19.3 Å². The van der Waals surface area contributed by atoms with Crippen LogP contribution in [0.5, 0.6) is 11.5 Å². The van der Waals surface area contributed by atoms with E-state index in [1.54, 1.807) is 14.2 Å². The number of hydrogen-bond donors (Lipinski definition) is 0. The predicted octanol–water partition coefficient (Wildman–Crippen LogP) is 3.60. The van der Waals surface area contributed by atoms with Crippen LogP contribution >= 0.6 is 11.8 Å². The minimum atomic E-state index is -0.0876. The summed E-state index contributed by atoms with van der Waals surface area (Å²) in [4.78, 5) is 21.7. The molecule has 33 heavy (non-hydrogen) atoms. The Bertz CT molecular complexity index is 923. The van der Waals surface area contributed by atoms with Gasteiger partial charge in [0.2, 0.25) is 5.91 Å². The van der Waals surface area contributed by atoms with Gasteiger partial charge in [-0.3, -0.25) is 9.69 Å². The second-order valence-corrected chi connectivity index (χ2v) is 10.3. The fourth-order valence-electron chi connectivity index (χ4n) is 4.71. The second-order valence-electron chi connectivity index (χ2n) is 8.93. The van der Waals surface area contributed by atoms with Gasteiger partial charge in [-0.25, -0.2) is 0 Å². The summed E-state index contributed by atoms with van der Waals surface area (Å²) in [5.74, 6) is 2.00. The summed E-state index contributed by atoms with van der Waals surface area (Å²) >= 11 is 1.86. The van der Waals surface area contributed by atoms with Crippen molar-refractivity contribution in [2.24, 2.45) is 0 Å². The van der Waals surface area contributed by atoms with E-state index in [0.717, 1.165) is 63.6 Å². The summed E-state index contributed by atoms with van der Waals surface area (Å²) in [6.45, 7) is 5.30. The molecule has 7 heteroatoms. The first-order valence-electron chi connectivity index (χ1n) is 11.7. The van der Waals surface area contributed by atoms with Crippen LogP contribution in [0.2, 0.25) is 0 Å². The highest BCUT2D eigenvalue weighted by Crippen LogP contribution is 2.35. The van der Waals surface area contributed by atoms with Crippen LogP contribution < -0.4 is 9.47 Å². The molecule has 1 amide bonds. The van der Waals surface area contributed by atoms with E-state index in [2.05, 4.69) is 46.0 Å². The van der Waals surface area contributed by atoms with Gasteiger partial charge in [0.05, 0.1) is 20.3 Å². The number of rotatable bonds is 7. The number of thioether (sulfide) groups is 1. The van der Waals surface area contributed by atoms with Gasteiger partial charge in [0, 0.05) is 42.9 Å². The molecule has 0 N–H and O–H groups in total. The Hall–Kier alpha value is -2.22. The van der Waals surface area contributed by atoms with Crippen molar-refractivity contribution in [3.05, 3.63) is 54.1 Å². The molecule has 178 valence electrons. The lowest BCUT2D eigenvalue weighted by Crippen LogP contribution is -2.46. The molecule has 2 atom stereocenters. The number of carbonyl (C=O) groups is 1. The van der Waals surface area contributed by atoms with E-state index in [1.807, 2.05) is 36.0 Å². The van der Waals surface area contributed by atoms with E-state index >= 15 is 0 Å². The van der Waals surface area contributed by atoms with Gasteiger partial charge in [0.25, 0.3) is 0 Å². The highest BCUT2D eigenvalue weighted by Gasteiger charge is 2.39. The predicted molar refractivity (Wildman–Crippen MR) is 133 cm³/mol. The van der Waals surface area contributed by atoms with E-state index in [1.165, 1.54) is 10.5 Å². The molecule has 2 aliphatic rings. The molecule has 2 saturated heterocycles. The molecule has 2 aromatic carbocycles. The van der Waals surface area contributed by atoms with E-state index in [9.17, 15) is 4.79 Å². The number of ether oxygens (including phenoxy) is 2. The van der Waals surface area contributed by atoms with Crippen molar-refractivity contribution in [2.75, 3.05) is 54.0 Å². The standard InChI is InChI=1S/C26H35N3O3S/c1-27-12-5-13-28(15-14-27)26(30)25-17-24(33-23-10-8-21(31-2)9-11-23)19-29(25)18-20-6-4-7-22(16-20)32-3/h4,6-11,16,24-25H,5,12-15,17-19H2,1-3H3/t24-,25+/m1/s1. The first kappa shape index (κ1) is 23.9. The van der Waals surface area contributed by atoms with Crippen molar-refractivity contribution >= 4 is 17.7 Å². The van der Waals surface area contributed by atoms with E-state index in [4.69, 9.17) is 9.47 Å². The van der Waals surface area contributed by atoms with Gasteiger partial charge in [-0.1, -0.05) is 12.1 Å². The van der Waals surface area contributed by atoms with Gasteiger partial charge >= 0.3 is 0 Å². The van der Waals surface area contributed by atoms with Gasteiger partial charge in [-0.05, 0) is 68.4 Å². The fourth-order valence-corrected chi connectivity index (χ4v) is 5.93. The molecule has 2 heterocycles. The fraction of sp³-hybridized carbons (Fsp3) is 0.500. The number of carbonyl (C=O) groups excluding carboxylic acids is 1. The molecule has 2 fully saturated rings. The Labute approximate surface area is 201 Å². The average Bonchev–Trinajstić information content (AvgIpc) is 3.09. The molecule has 0 aliphatic carbocycles. The first-order chi connectivity index (χ1) is 16.1. The molecule has 6 nitrogen and oxygen atoms in total. The summed E-state index contributed by atoms with van der Waals surface area (Å²) < 4.78 is 10.7. The summed E-state index contributed by atoms with van der Waals surface area (Å²) in [6, 6.07) is 16.3. The van der Waals surface area contributed by atoms with E-state index in [-0.39, 0.29) is 11.9 Å². The topological polar surface area (TPSA) is 45.2 Å². The quantitative estimate of drug-likeness (QED) is 0.618. The molecule has 0 saturated carbocycles. The third-order valence-electron chi connectivity index (χ3n) is 6.56. The second kappa shape index (κ2) is 11.3. The largest absolute Gasteiger partial charge is 0.497 e. The molecule has 0 unspecified atom stereocenters. The lowest BCUT2D eigenvalue weighted by molar-refractivity contribution is -0.136. The summed E-state index contributed by atoms with van der Waals surface area (Å²) in [7, 11) is 5.52. The van der Waals surface area contributed by atoms with Crippen molar-refractivity contribution in [3.8, 4) is 11.5 Å². The summed E-state index contributed by atoms with van der Waals surface area (Å²) in [5.41, 5.74) is 1.18. The molecule has 2 aliphatic heterocycles. The highest BCUT2D eigenvalue weighted by atomic mass is 32.2. The lowest BCUT2D eigenvalue weighted by Gasteiger charge is -2.29. The maximum atomic E-state index is 13.7. The van der Waals surface area contributed by atoms with Crippen LogP contribution in [0.15, 0.2) is 53.4 Å². The van der Waals surface area contributed by atoms with Gasteiger partial charge in [-0.2, -0.15) is 0 Å². The summed E-state index contributed by atoms with van der Waals surface area (Å²) in [6.07, 6.45) is 1.90. The Morgan fingerprint density at radius 2 is 1.79 bits per heavy atom. The van der Waals surface area contributed by atoms with Crippen LogP contribution in [-0.2, 0) is 11.3 Å². The Morgan fingerprint density at radius 1 is 1.00 bits per heavy atom. The highest BCUT2D eigenvalue weighted by molar-refractivity contribution is 8.00. The van der Waals surface area contributed by atoms with Crippen molar-refractivity contribution in [1.29, 1.82) is 0 Å². The SMILES string of the molecule is COc1ccc(S[C@@H]2C[C@@H](C(=O)N3CCCN(C)CC3)N(Cc3cccc(OC)c3)C2)cc1. The van der Waals surface area contributed by atoms with Crippen LogP contribution in [0, 0.1) is 0 Å². The lowest BCUT2D eigenvalue weighted by atomic mass is 10.1. The van der Waals surface area contributed by atoms with Crippen LogP contribution in [0.3, 0.4) is 0 Å². The number of likely N-dealkylation sites (N-methyl/N-ethyl adjacent to an activating group) is 1. The molecular weight excluding hydrogens is 434 g/mol. The van der Waals surface area contributed by atoms with Crippen LogP contribution in [0.1, 0.15) is 18.4 Å². The number of hydrogen-bond acceptors (Lipinski definition) is 6. The number of benzene rings is 2. The van der Waals surface area contributed by atoms with Crippen LogP contribution in [-0.4, -0.2) is 85.9 Å². The number of likely N-dealkylation sites (tertiary alicyclic amines) is 1. The minimum absolute atomic E-state index is 0.0876. The maximum absolute atomic E-state index is 13.7. The minimum Gasteiger partial charge on any atom is -0.497 e. The van der Waals surface area contributed by atoms with Gasteiger partial charge in [0.15, 0.2) is 0 Å². The Kier molecular flexibility index (Phi) is 8.17. The Morgan fingerprint density at radius 3 is 2.55 bits per heavy atom. The Balaban J connectivity index is 1.50. The number of amides is 1. The van der Waals surface area contributed by atoms with E-state index < -0.39 is 0 Å². The zero-order valence-corrected chi connectivity index (χ0v) is 20.7. The normalized spacial score (nSPS) is 22.2. The molecule has 2 aromatic rings. The first-order valence-corrected chi connectivity index (χ1v) is 12.6. The van der Waals surface area contributed by atoms with Crippen LogP contribution in [0.4, 0.5) is 0 Å². The van der Waals surface area contributed by atoms with Gasteiger partial charge in [-0.15, -0.1) is 11.8 Å². The maximum Gasteiger partial charge on any atom is 0.240 e. The van der Waals surface area contributed by atoms with Crippen LogP contribution in [0.25, 0.3) is 0 Å². The zero-order valence-electron chi connectivity index (χ0n) is 19.9. The monoisotopic (exact) mass is 469 g/mol. The molecular formula is C26H35N3O3S. The third-order valence-corrected chi connectivity index (χ3v) is 7.78. The van der Waals surface area contributed by atoms with Crippen molar-refractivity contribution in [1.82, 2.24) is 14.7 Å². The van der Waals surface area contributed by atoms with Crippen molar-refractivity contribution in [2.45, 2.75) is 35.6 Å². The number of nitrogens with zero attached hydrogens (tertiary/aromatic N) is 3. The molecule has 4 rings (SSSR count). The molecule has 0 radical (unpaired) electrons. The van der Waals surface area contributed by atoms with Crippen molar-refractivity contribution < 1.29 is 14.3 Å². The molecule has 0 aromatic heterocycles.